The Kier molecular flexibility index (Phi) is 4.65. The first-order chi connectivity index (χ1) is 9.20. The van der Waals surface area contributed by atoms with E-state index in [0.29, 0.717) is 6.42 Å². The van der Waals surface area contributed by atoms with Gasteiger partial charge in [-0.1, -0.05) is 25.5 Å². The van der Waals surface area contributed by atoms with Gasteiger partial charge in [0.2, 0.25) is 5.91 Å². The fourth-order valence-corrected chi connectivity index (χ4v) is 2.41. The predicted octanol–water partition coefficient (Wildman–Crippen LogP) is 2.88. The van der Waals surface area contributed by atoms with Crippen LogP contribution >= 0.6 is 11.3 Å². The first-order valence-corrected chi connectivity index (χ1v) is 7.15. The Morgan fingerprint density at radius 2 is 2.37 bits per heavy atom. The van der Waals surface area contributed by atoms with Crippen molar-refractivity contribution in [1.29, 1.82) is 0 Å². The third-order valence-electron chi connectivity index (χ3n) is 2.75. The molecule has 2 aromatic rings. The average molecular weight is 275 g/mol. The Morgan fingerprint density at radius 3 is 3.05 bits per heavy atom. The zero-order valence-corrected chi connectivity index (χ0v) is 11.6. The highest BCUT2D eigenvalue weighted by Crippen LogP contribution is 2.24. The predicted molar refractivity (Wildman–Crippen MR) is 79.1 cm³/mol. The van der Waals surface area contributed by atoms with Gasteiger partial charge in [-0.25, -0.2) is 4.98 Å². The standard InChI is InChI=1S/C14H17N3OS/c1-2-4-12(15)13(18)17-11-6-3-5-10(9-11)14-16-7-8-19-14/h3,5-9,12H,2,4,15H2,1H3,(H,17,18)/t12-/m1/s1. The summed E-state index contributed by atoms with van der Waals surface area (Å²) in [6.07, 6.45) is 3.36. The zero-order chi connectivity index (χ0) is 13.7. The number of anilines is 1. The summed E-state index contributed by atoms with van der Waals surface area (Å²) < 4.78 is 0. The van der Waals surface area contributed by atoms with E-state index < -0.39 is 6.04 Å². The third kappa shape index (κ3) is 3.62. The third-order valence-corrected chi connectivity index (χ3v) is 3.57. The molecule has 1 aromatic heterocycles. The Morgan fingerprint density at radius 1 is 1.53 bits per heavy atom. The van der Waals surface area contributed by atoms with Gasteiger partial charge in [0.05, 0.1) is 6.04 Å². The maximum absolute atomic E-state index is 11.9. The molecule has 0 bridgehead atoms. The molecule has 0 unspecified atom stereocenters. The van der Waals surface area contributed by atoms with Crippen molar-refractivity contribution in [3.05, 3.63) is 35.8 Å². The number of hydrogen-bond donors (Lipinski definition) is 2. The fourth-order valence-electron chi connectivity index (χ4n) is 1.77. The van der Waals surface area contributed by atoms with E-state index in [9.17, 15) is 4.79 Å². The molecule has 100 valence electrons. The minimum Gasteiger partial charge on any atom is -0.325 e. The first kappa shape index (κ1) is 13.7. The molecule has 5 heteroatoms. The van der Waals surface area contributed by atoms with Crippen molar-refractivity contribution in [3.8, 4) is 10.6 Å². The number of hydrogen-bond acceptors (Lipinski definition) is 4. The summed E-state index contributed by atoms with van der Waals surface area (Å²) in [4.78, 5) is 16.1. The average Bonchev–Trinajstić information content (AvgIpc) is 2.93. The summed E-state index contributed by atoms with van der Waals surface area (Å²) in [5, 5.41) is 5.71. The van der Waals surface area contributed by atoms with Crippen molar-refractivity contribution in [2.45, 2.75) is 25.8 Å². The molecule has 0 saturated heterocycles. The summed E-state index contributed by atoms with van der Waals surface area (Å²) in [6.45, 7) is 2.01. The molecule has 0 radical (unpaired) electrons. The quantitative estimate of drug-likeness (QED) is 0.881. The molecule has 1 heterocycles. The smallest absolute Gasteiger partial charge is 0.241 e. The van der Waals surface area contributed by atoms with Crippen LogP contribution in [0.15, 0.2) is 35.8 Å². The molecule has 2 rings (SSSR count). The van der Waals surface area contributed by atoms with Gasteiger partial charge >= 0.3 is 0 Å². The molecule has 1 aromatic carbocycles. The molecule has 19 heavy (non-hydrogen) atoms. The van der Waals surface area contributed by atoms with Crippen molar-refractivity contribution in [2.75, 3.05) is 5.32 Å². The zero-order valence-electron chi connectivity index (χ0n) is 10.8. The van der Waals surface area contributed by atoms with Gasteiger partial charge in [0.25, 0.3) is 0 Å². The van der Waals surface area contributed by atoms with E-state index in [2.05, 4.69) is 10.3 Å². The van der Waals surface area contributed by atoms with E-state index in [1.807, 2.05) is 36.6 Å². The van der Waals surface area contributed by atoms with Crippen LogP contribution in [0.3, 0.4) is 0 Å². The van der Waals surface area contributed by atoms with Crippen LogP contribution < -0.4 is 11.1 Å². The topological polar surface area (TPSA) is 68.0 Å². The molecule has 0 fully saturated rings. The number of carbonyl (C=O) groups excluding carboxylic acids is 1. The molecule has 0 saturated carbocycles. The van der Waals surface area contributed by atoms with E-state index in [4.69, 9.17) is 5.73 Å². The van der Waals surface area contributed by atoms with Gasteiger partial charge in [-0.3, -0.25) is 4.79 Å². The van der Waals surface area contributed by atoms with Crippen LogP contribution in [0, 0.1) is 0 Å². The minimum absolute atomic E-state index is 0.141. The number of carbonyl (C=O) groups is 1. The molecule has 3 N–H and O–H groups in total. The lowest BCUT2D eigenvalue weighted by atomic mass is 10.1. The summed E-state index contributed by atoms with van der Waals surface area (Å²) in [5.74, 6) is -0.141. The van der Waals surface area contributed by atoms with Gasteiger partial charge in [0.15, 0.2) is 0 Å². The SMILES string of the molecule is CCC[C@@H](N)C(=O)Nc1cccc(-c2nccs2)c1. The van der Waals surface area contributed by atoms with Gasteiger partial charge in [-0.2, -0.15) is 0 Å². The van der Waals surface area contributed by atoms with Crippen LogP contribution in [0.1, 0.15) is 19.8 Å². The van der Waals surface area contributed by atoms with Crippen LogP contribution in [0.4, 0.5) is 5.69 Å². The number of nitrogens with two attached hydrogens (primary N) is 1. The van der Waals surface area contributed by atoms with Crippen LogP contribution in [-0.4, -0.2) is 16.9 Å². The molecule has 1 amide bonds. The number of aromatic nitrogens is 1. The number of amides is 1. The normalized spacial score (nSPS) is 12.1. The minimum atomic E-state index is -0.450. The summed E-state index contributed by atoms with van der Waals surface area (Å²) in [5.41, 5.74) is 7.54. The largest absolute Gasteiger partial charge is 0.325 e. The van der Waals surface area contributed by atoms with E-state index in [0.717, 1.165) is 22.7 Å². The fraction of sp³-hybridized carbons (Fsp3) is 0.286. The molecule has 0 aliphatic heterocycles. The lowest BCUT2D eigenvalue weighted by Gasteiger charge is -2.11. The van der Waals surface area contributed by atoms with Crippen molar-refractivity contribution in [1.82, 2.24) is 4.98 Å². The molecular weight excluding hydrogens is 258 g/mol. The molecule has 0 spiro atoms. The molecule has 0 aliphatic rings. The van der Waals surface area contributed by atoms with Gasteiger partial charge < -0.3 is 11.1 Å². The second kappa shape index (κ2) is 6.45. The van der Waals surface area contributed by atoms with Crippen LogP contribution in [0.25, 0.3) is 10.6 Å². The molecule has 1 atom stereocenters. The van der Waals surface area contributed by atoms with Crippen molar-refractivity contribution >= 4 is 22.9 Å². The second-order valence-corrected chi connectivity index (χ2v) is 5.20. The number of benzene rings is 1. The maximum atomic E-state index is 11.9. The monoisotopic (exact) mass is 275 g/mol. The van der Waals surface area contributed by atoms with Crippen molar-refractivity contribution < 1.29 is 4.79 Å². The van der Waals surface area contributed by atoms with E-state index in [1.54, 1.807) is 17.5 Å². The van der Waals surface area contributed by atoms with Crippen LogP contribution in [0.5, 0.6) is 0 Å². The second-order valence-electron chi connectivity index (χ2n) is 4.30. The number of thiazole rings is 1. The Labute approximate surface area is 116 Å². The summed E-state index contributed by atoms with van der Waals surface area (Å²) in [7, 11) is 0. The molecule has 0 aliphatic carbocycles. The number of nitrogens with one attached hydrogen (secondary N) is 1. The lowest BCUT2D eigenvalue weighted by Crippen LogP contribution is -2.35. The van der Waals surface area contributed by atoms with Crippen molar-refractivity contribution in [2.24, 2.45) is 5.73 Å². The van der Waals surface area contributed by atoms with E-state index >= 15 is 0 Å². The van der Waals surface area contributed by atoms with Gasteiger partial charge in [0, 0.05) is 22.8 Å². The van der Waals surface area contributed by atoms with E-state index in [1.165, 1.54) is 0 Å². The number of nitrogens with zero attached hydrogens (tertiary/aromatic N) is 1. The lowest BCUT2D eigenvalue weighted by molar-refractivity contribution is -0.117. The maximum Gasteiger partial charge on any atom is 0.241 e. The summed E-state index contributed by atoms with van der Waals surface area (Å²) >= 11 is 1.57. The Bertz CT molecular complexity index is 539. The first-order valence-electron chi connectivity index (χ1n) is 6.27. The number of rotatable bonds is 5. The molecule has 4 nitrogen and oxygen atoms in total. The highest BCUT2D eigenvalue weighted by molar-refractivity contribution is 7.13. The van der Waals surface area contributed by atoms with Gasteiger partial charge in [-0.05, 0) is 18.6 Å². The Balaban J connectivity index is 2.09. The summed E-state index contributed by atoms with van der Waals surface area (Å²) in [6, 6.07) is 7.19. The Hall–Kier alpha value is -1.72. The van der Waals surface area contributed by atoms with Crippen LogP contribution in [0.2, 0.25) is 0 Å². The van der Waals surface area contributed by atoms with Crippen LogP contribution in [-0.2, 0) is 4.79 Å². The van der Waals surface area contributed by atoms with Gasteiger partial charge in [0.1, 0.15) is 5.01 Å². The highest BCUT2D eigenvalue weighted by Gasteiger charge is 2.12. The van der Waals surface area contributed by atoms with Gasteiger partial charge in [-0.15, -0.1) is 11.3 Å². The van der Waals surface area contributed by atoms with E-state index in [-0.39, 0.29) is 5.91 Å². The molecular formula is C14H17N3OS. The highest BCUT2D eigenvalue weighted by atomic mass is 32.1. The van der Waals surface area contributed by atoms with Crippen molar-refractivity contribution in [3.63, 3.8) is 0 Å².